The maximum absolute atomic E-state index is 14.8. The van der Waals surface area contributed by atoms with Crippen LogP contribution < -0.4 is 19.9 Å². The molecule has 4 aromatic rings. The lowest BCUT2D eigenvalue weighted by Crippen LogP contribution is -2.45. The monoisotopic (exact) mass is 576 g/mol. The Kier molecular flexibility index (Phi) is 6.72. The van der Waals surface area contributed by atoms with E-state index in [4.69, 9.17) is 26.3 Å². The Morgan fingerprint density at radius 3 is 2.76 bits per heavy atom. The Morgan fingerprint density at radius 2 is 1.90 bits per heavy atom. The number of halogens is 2. The highest BCUT2D eigenvalue weighted by atomic mass is 35.5. The van der Waals surface area contributed by atoms with Crippen LogP contribution in [0.3, 0.4) is 0 Å². The minimum Gasteiger partial charge on any atom is -0.424 e. The molecule has 2 aromatic heterocycles. The maximum atomic E-state index is 14.8. The summed E-state index contributed by atoms with van der Waals surface area (Å²) in [7, 11) is 2.11. The zero-order valence-corrected chi connectivity index (χ0v) is 23.5. The molecule has 0 saturated carbocycles. The van der Waals surface area contributed by atoms with E-state index in [9.17, 15) is 9.18 Å². The molecule has 0 aliphatic carbocycles. The number of nitrogens with zero attached hydrogens (tertiary/aromatic N) is 6. The Morgan fingerprint density at radius 1 is 1.07 bits per heavy atom. The molecule has 0 spiro atoms. The number of H-pyrrole nitrogens is 1. The highest BCUT2D eigenvalue weighted by Gasteiger charge is 2.33. The maximum Gasteiger partial charge on any atom is 0.325 e. The molecule has 2 N–H and O–H groups in total. The van der Waals surface area contributed by atoms with E-state index >= 15 is 0 Å². The molecule has 212 valence electrons. The predicted molar refractivity (Wildman–Crippen MR) is 155 cm³/mol. The summed E-state index contributed by atoms with van der Waals surface area (Å²) in [6, 6.07) is 7.49. The van der Waals surface area contributed by atoms with Gasteiger partial charge in [-0.1, -0.05) is 23.7 Å². The first-order valence-corrected chi connectivity index (χ1v) is 14.3. The average Bonchev–Trinajstić information content (AvgIpc) is 3.45. The third-order valence-electron chi connectivity index (χ3n) is 8.14. The average molecular weight is 577 g/mol. The fraction of sp³-hybridized carbons (Fsp3) is 0.379. The van der Waals surface area contributed by atoms with Gasteiger partial charge < -0.3 is 19.9 Å². The first-order chi connectivity index (χ1) is 20.0. The normalized spacial score (nSPS) is 17.4. The van der Waals surface area contributed by atoms with Gasteiger partial charge >= 0.3 is 6.01 Å². The van der Waals surface area contributed by atoms with Gasteiger partial charge in [0.05, 0.1) is 22.3 Å². The Balaban J connectivity index is 1.34. The molecule has 3 aliphatic heterocycles. The number of nitrogens with one attached hydrogen (secondary N) is 2. The van der Waals surface area contributed by atoms with E-state index in [2.05, 4.69) is 38.4 Å². The van der Waals surface area contributed by atoms with Gasteiger partial charge in [0.15, 0.2) is 0 Å². The molecule has 41 heavy (non-hydrogen) atoms. The number of anilines is 2. The molecule has 0 atom stereocenters. The van der Waals surface area contributed by atoms with Gasteiger partial charge in [0.1, 0.15) is 23.2 Å². The van der Waals surface area contributed by atoms with Crippen molar-refractivity contribution < 1.29 is 13.9 Å². The molecule has 10 nitrogen and oxygen atoms in total. The van der Waals surface area contributed by atoms with Crippen LogP contribution in [-0.2, 0) is 19.4 Å². The van der Waals surface area contributed by atoms with Crippen LogP contribution in [0.1, 0.15) is 33.5 Å². The number of piperazine rings is 1. The van der Waals surface area contributed by atoms with Crippen molar-refractivity contribution in [3.63, 3.8) is 0 Å². The number of carbonyl (C=O) groups excluding carboxylic acids is 1. The van der Waals surface area contributed by atoms with Gasteiger partial charge in [-0.2, -0.15) is 15.1 Å². The molecule has 7 rings (SSSR count). The summed E-state index contributed by atoms with van der Waals surface area (Å²) in [5, 5.41) is 10.4. The van der Waals surface area contributed by atoms with Crippen molar-refractivity contribution >= 4 is 40.0 Å². The fourth-order valence-electron chi connectivity index (χ4n) is 6.08. The van der Waals surface area contributed by atoms with Gasteiger partial charge in [0.2, 0.25) is 0 Å². The number of likely N-dealkylation sites (N-methyl/N-ethyl adjacent to an activating group) is 1. The quantitative estimate of drug-likeness (QED) is 0.377. The van der Waals surface area contributed by atoms with Crippen molar-refractivity contribution in [1.29, 1.82) is 0 Å². The van der Waals surface area contributed by atoms with Crippen LogP contribution in [0, 0.1) is 5.82 Å². The molecule has 12 heteroatoms. The highest BCUT2D eigenvalue weighted by molar-refractivity contribution is 6.36. The van der Waals surface area contributed by atoms with Crippen molar-refractivity contribution in [2.75, 3.05) is 56.1 Å². The van der Waals surface area contributed by atoms with Crippen LogP contribution >= 0.6 is 11.6 Å². The minimum atomic E-state index is -0.684. The van der Waals surface area contributed by atoms with Crippen molar-refractivity contribution in [1.82, 2.24) is 30.4 Å². The van der Waals surface area contributed by atoms with E-state index in [-0.39, 0.29) is 16.6 Å². The van der Waals surface area contributed by atoms with Crippen LogP contribution in [0.4, 0.5) is 16.0 Å². The fourth-order valence-corrected chi connectivity index (χ4v) is 6.31. The SMILES string of the molecule is CN1CCc2c(cccc2Oc2nc(N3CCNCC3)c3c(n2)N(C(=O)c2c(Cl)c(F)cc4[nH]ncc24)CCC3)C1. The first kappa shape index (κ1) is 26.1. The lowest BCUT2D eigenvalue weighted by Gasteiger charge is -2.35. The molecular weight excluding hydrogens is 547 g/mol. The summed E-state index contributed by atoms with van der Waals surface area (Å²) in [6.45, 7) is 5.39. The number of carbonyl (C=O) groups is 1. The summed E-state index contributed by atoms with van der Waals surface area (Å²) in [4.78, 5) is 30.0. The molecule has 3 aliphatic rings. The van der Waals surface area contributed by atoms with Gasteiger partial charge in [0, 0.05) is 68.4 Å². The lowest BCUT2D eigenvalue weighted by molar-refractivity contribution is 0.0985. The van der Waals surface area contributed by atoms with Gasteiger partial charge in [-0.15, -0.1) is 0 Å². The largest absolute Gasteiger partial charge is 0.424 e. The van der Waals surface area contributed by atoms with Gasteiger partial charge in [-0.05, 0) is 37.9 Å². The molecule has 0 bridgehead atoms. The van der Waals surface area contributed by atoms with Crippen molar-refractivity contribution in [2.45, 2.75) is 25.8 Å². The smallest absolute Gasteiger partial charge is 0.325 e. The van der Waals surface area contributed by atoms with Crippen molar-refractivity contribution in [2.24, 2.45) is 0 Å². The van der Waals surface area contributed by atoms with E-state index in [1.165, 1.54) is 17.8 Å². The topological polar surface area (TPSA) is 103 Å². The molecule has 0 radical (unpaired) electrons. The second kappa shape index (κ2) is 10.6. The Bertz CT molecular complexity index is 1650. The second-order valence-electron chi connectivity index (χ2n) is 10.8. The van der Waals surface area contributed by atoms with Crippen molar-refractivity contribution in [3.05, 3.63) is 63.6 Å². The molecule has 1 fully saturated rings. The number of hydrogen-bond donors (Lipinski definition) is 2. The summed E-state index contributed by atoms with van der Waals surface area (Å²) in [5.74, 6) is 0.854. The molecule has 1 saturated heterocycles. The van der Waals surface area contributed by atoms with E-state index in [0.29, 0.717) is 36.1 Å². The zero-order chi connectivity index (χ0) is 28.1. The van der Waals surface area contributed by atoms with Crippen molar-refractivity contribution in [3.8, 4) is 11.8 Å². The summed E-state index contributed by atoms with van der Waals surface area (Å²) < 4.78 is 21.2. The minimum absolute atomic E-state index is 0.0642. The number of fused-ring (bicyclic) bond motifs is 3. The van der Waals surface area contributed by atoms with Gasteiger partial charge in [-0.3, -0.25) is 14.8 Å². The van der Waals surface area contributed by atoms with Gasteiger partial charge in [-0.25, -0.2) is 4.39 Å². The van der Waals surface area contributed by atoms with E-state index in [1.807, 2.05) is 12.1 Å². The van der Waals surface area contributed by atoms with Crippen LogP contribution in [0.15, 0.2) is 30.5 Å². The highest BCUT2D eigenvalue weighted by Crippen LogP contribution is 2.39. The number of benzene rings is 2. The summed E-state index contributed by atoms with van der Waals surface area (Å²) >= 11 is 6.40. The number of ether oxygens (including phenoxy) is 1. The summed E-state index contributed by atoms with van der Waals surface area (Å²) in [6.07, 6.45) is 3.78. The molecule has 5 heterocycles. The molecular formula is C29H30ClFN8O2. The Labute approximate surface area is 241 Å². The lowest BCUT2D eigenvalue weighted by atomic mass is 9.99. The molecule has 0 unspecified atom stereocenters. The first-order valence-electron chi connectivity index (χ1n) is 13.9. The van der Waals surface area contributed by atoms with E-state index in [1.54, 1.807) is 4.90 Å². The zero-order valence-electron chi connectivity index (χ0n) is 22.7. The molecule has 1 amide bonds. The number of hydrogen-bond acceptors (Lipinski definition) is 8. The van der Waals surface area contributed by atoms with Crippen LogP contribution in [0.2, 0.25) is 5.02 Å². The number of rotatable bonds is 4. The predicted octanol–water partition coefficient (Wildman–Crippen LogP) is 3.93. The number of aromatic nitrogens is 4. The third-order valence-corrected chi connectivity index (χ3v) is 8.51. The van der Waals surface area contributed by atoms with Crippen LogP contribution in [-0.4, -0.2) is 77.3 Å². The number of aromatic amines is 1. The molecule has 2 aromatic carbocycles. The van der Waals surface area contributed by atoms with Crippen LogP contribution in [0.25, 0.3) is 10.9 Å². The Hall–Kier alpha value is -3.80. The number of amides is 1. The van der Waals surface area contributed by atoms with Crippen LogP contribution in [0.5, 0.6) is 11.8 Å². The standard InChI is InChI=1S/C29H30ClFN8O2/c1-37-11-7-18-17(16-37)4-2-6-23(18)41-29-34-26(38-12-8-32-9-13-38)19-5-3-10-39(27(19)35-29)28(40)24-20-15-33-36-22(20)14-21(31)25(24)30/h2,4,6,14-15,32H,3,5,7-13,16H2,1H3,(H,33,36). The second-order valence-corrected chi connectivity index (χ2v) is 11.2. The van der Waals surface area contributed by atoms with Gasteiger partial charge in [0.25, 0.3) is 5.91 Å². The van der Waals surface area contributed by atoms with E-state index in [0.717, 1.165) is 68.4 Å². The summed E-state index contributed by atoms with van der Waals surface area (Å²) in [5.41, 5.74) is 3.72. The third kappa shape index (κ3) is 4.67. The van der Waals surface area contributed by atoms with E-state index < -0.39 is 11.7 Å².